The summed E-state index contributed by atoms with van der Waals surface area (Å²) in [6, 6.07) is 4.02. The number of halogens is 2. The van der Waals surface area contributed by atoms with Crippen molar-refractivity contribution in [2.24, 2.45) is 5.10 Å². The second-order valence-electron chi connectivity index (χ2n) is 3.10. The number of hydrogen-bond acceptors (Lipinski definition) is 4. The van der Waals surface area contributed by atoms with Gasteiger partial charge in [0.2, 0.25) is 0 Å². The minimum absolute atomic E-state index is 0.896. The van der Waals surface area contributed by atoms with E-state index in [1.54, 1.807) is 18.0 Å². The third-order valence-electron chi connectivity index (χ3n) is 1.97. The fourth-order valence-corrected chi connectivity index (χ4v) is 3.49. The van der Waals surface area contributed by atoms with E-state index < -0.39 is 0 Å². The van der Waals surface area contributed by atoms with Crippen molar-refractivity contribution in [3.63, 3.8) is 0 Å². The standard InChI is InChI=1S/C10H8I2N4O/c1-17-10-8(11)2-7(3-9(10)12)4-15-16-5-13-14-6-16/h2-6H,1H3/b15-4-. The number of ether oxygens (including phenoxy) is 1. The highest BCUT2D eigenvalue weighted by Gasteiger charge is 2.06. The van der Waals surface area contributed by atoms with E-state index in [1.807, 2.05) is 12.1 Å². The molecule has 0 bridgehead atoms. The first-order valence-electron chi connectivity index (χ1n) is 4.62. The fraction of sp³-hybridized carbons (Fsp3) is 0.100. The second kappa shape index (κ2) is 5.76. The summed E-state index contributed by atoms with van der Waals surface area (Å²) in [4.78, 5) is 0. The van der Waals surface area contributed by atoms with Crippen LogP contribution in [-0.4, -0.2) is 28.2 Å². The van der Waals surface area contributed by atoms with Crippen molar-refractivity contribution in [3.05, 3.63) is 37.5 Å². The van der Waals surface area contributed by atoms with Gasteiger partial charge in [0.25, 0.3) is 0 Å². The first kappa shape index (κ1) is 12.7. The molecule has 2 aromatic rings. The van der Waals surface area contributed by atoms with Crippen molar-refractivity contribution in [1.29, 1.82) is 0 Å². The lowest BCUT2D eigenvalue weighted by atomic mass is 10.2. The van der Waals surface area contributed by atoms with Gasteiger partial charge in [-0.2, -0.15) is 5.10 Å². The molecule has 17 heavy (non-hydrogen) atoms. The van der Waals surface area contributed by atoms with Gasteiger partial charge in [-0.15, -0.1) is 10.2 Å². The minimum Gasteiger partial charge on any atom is -0.495 e. The summed E-state index contributed by atoms with van der Waals surface area (Å²) in [6.07, 6.45) is 4.83. The summed E-state index contributed by atoms with van der Waals surface area (Å²) >= 11 is 4.48. The molecule has 88 valence electrons. The summed E-state index contributed by atoms with van der Waals surface area (Å²) in [5.74, 6) is 0.896. The van der Waals surface area contributed by atoms with Gasteiger partial charge >= 0.3 is 0 Å². The molecule has 0 aliphatic rings. The van der Waals surface area contributed by atoms with Gasteiger partial charge in [-0.1, -0.05) is 0 Å². The topological polar surface area (TPSA) is 52.3 Å². The van der Waals surface area contributed by atoms with Crippen LogP contribution in [0.5, 0.6) is 5.75 Å². The highest BCUT2D eigenvalue weighted by Crippen LogP contribution is 2.27. The lowest BCUT2D eigenvalue weighted by Crippen LogP contribution is -1.94. The summed E-state index contributed by atoms with van der Waals surface area (Å²) in [5.41, 5.74) is 1.01. The Balaban J connectivity index is 2.29. The number of aromatic nitrogens is 3. The minimum atomic E-state index is 0.896. The van der Waals surface area contributed by atoms with Crippen LogP contribution in [0, 0.1) is 7.14 Å². The molecule has 0 spiro atoms. The largest absolute Gasteiger partial charge is 0.495 e. The Hall–Kier alpha value is -0.710. The van der Waals surface area contributed by atoms with Crippen LogP contribution in [0.4, 0.5) is 0 Å². The predicted molar refractivity (Wildman–Crippen MR) is 81.4 cm³/mol. The first-order chi connectivity index (χ1) is 8.20. The third kappa shape index (κ3) is 3.15. The van der Waals surface area contributed by atoms with E-state index in [9.17, 15) is 0 Å². The maximum absolute atomic E-state index is 5.30. The molecule has 0 radical (unpaired) electrons. The van der Waals surface area contributed by atoms with Crippen molar-refractivity contribution in [2.75, 3.05) is 7.11 Å². The van der Waals surface area contributed by atoms with Crippen molar-refractivity contribution >= 4 is 51.4 Å². The van der Waals surface area contributed by atoms with Crippen LogP contribution in [0.2, 0.25) is 0 Å². The van der Waals surface area contributed by atoms with Crippen molar-refractivity contribution in [1.82, 2.24) is 14.9 Å². The number of nitrogens with zero attached hydrogens (tertiary/aromatic N) is 4. The molecule has 0 aliphatic heterocycles. The third-order valence-corrected chi connectivity index (χ3v) is 3.57. The van der Waals surface area contributed by atoms with Gasteiger partial charge in [-0.05, 0) is 62.9 Å². The van der Waals surface area contributed by atoms with Crippen LogP contribution in [0.1, 0.15) is 5.56 Å². The Morgan fingerprint density at radius 2 is 1.82 bits per heavy atom. The van der Waals surface area contributed by atoms with Crippen molar-refractivity contribution in [2.45, 2.75) is 0 Å². The van der Waals surface area contributed by atoms with Crippen LogP contribution in [-0.2, 0) is 0 Å². The molecule has 0 aliphatic carbocycles. The molecule has 0 N–H and O–H groups in total. The maximum Gasteiger partial charge on any atom is 0.145 e. The number of hydrogen-bond donors (Lipinski definition) is 0. The zero-order valence-electron chi connectivity index (χ0n) is 8.84. The lowest BCUT2D eigenvalue weighted by Gasteiger charge is -2.06. The van der Waals surface area contributed by atoms with E-state index in [0.717, 1.165) is 18.5 Å². The van der Waals surface area contributed by atoms with Gasteiger partial charge in [0.15, 0.2) is 0 Å². The summed E-state index contributed by atoms with van der Waals surface area (Å²) in [7, 11) is 1.67. The summed E-state index contributed by atoms with van der Waals surface area (Å²) < 4.78 is 8.96. The van der Waals surface area contributed by atoms with E-state index in [1.165, 1.54) is 12.7 Å². The predicted octanol–water partition coefficient (Wildman–Crippen LogP) is 2.38. The molecule has 1 heterocycles. The van der Waals surface area contributed by atoms with E-state index >= 15 is 0 Å². The quantitative estimate of drug-likeness (QED) is 0.529. The van der Waals surface area contributed by atoms with Gasteiger partial charge in [0, 0.05) is 0 Å². The Labute approximate surface area is 126 Å². The molecule has 7 heteroatoms. The molecule has 0 unspecified atom stereocenters. The molecule has 1 aromatic heterocycles. The molecular weight excluding hydrogens is 446 g/mol. The molecule has 0 amide bonds. The molecule has 1 aromatic carbocycles. The van der Waals surface area contributed by atoms with Crippen LogP contribution >= 0.6 is 45.2 Å². The highest BCUT2D eigenvalue weighted by atomic mass is 127. The Morgan fingerprint density at radius 3 is 2.35 bits per heavy atom. The van der Waals surface area contributed by atoms with Gasteiger partial charge in [0.1, 0.15) is 18.4 Å². The molecular formula is C10H8I2N4O. The zero-order chi connectivity index (χ0) is 12.3. The molecule has 0 saturated carbocycles. The molecule has 0 saturated heterocycles. The van der Waals surface area contributed by atoms with Crippen LogP contribution in [0.25, 0.3) is 0 Å². The molecule has 0 atom stereocenters. The smallest absolute Gasteiger partial charge is 0.145 e. The normalized spacial score (nSPS) is 11.0. The van der Waals surface area contributed by atoms with Gasteiger partial charge in [0.05, 0.1) is 20.5 Å². The summed E-state index contributed by atoms with van der Waals surface area (Å²) in [6.45, 7) is 0. The number of methoxy groups -OCH3 is 1. The van der Waals surface area contributed by atoms with E-state index in [0.29, 0.717) is 0 Å². The van der Waals surface area contributed by atoms with Crippen LogP contribution in [0.15, 0.2) is 29.9 Å². The molecule has 2 rings (SSSR count). The van der Waals surface area contributed by atoms with Gasteiger partial charge in [-0.25, -0.2) is 4.68 Å². The Morgan fingerprint density at radius 1 is 1.24 bits per heavy atom. The lowest BCUT2D eigenvalue weighted by molar-refractivity contribution is 0.409. The molecule has 5 nitrogen and oxygen atoms in total. The average Bonchev–Trinajstić information content (AvgIpc) is 2.79. The first-order valence-corrected chi connectivity index (χ1v) is 6.78. The van der Waals surface area contributed by atoms with Crippen LogP contribution < -0.4 is 4.74 Å². The van der Waals surface area contributed by atoms with Gasteiger partial charge in [-0.3, -0.25) is 0 Å². The zero-order valence-corrected chi connectivity index (χ0v) is 13.2. The highest BCUT2D eigenvalue weighted by molar-refractivity contribution is 14.1. The van der Waals surface area contributed by atoms with Crippen LogP contribution in [0.3, 0.4) is 0 Å². The van der Waals surface area contributed by atoms with Crippen molar-refractivity contribution in [3.8, 4) is 5.75 Å². The monoisotopic (exact) mass is 454 g/mol. The molecule has 0 fully saturated rings. The van der Waals surface area contributed by atoms with Crippen molar-refractivity contribution < 1.29 is 4.74 Å². The number of benzene rings is 1. The summed E-state index contributed by atoms with van der Waals surface area (Å²) in [5, 5.41) is 11.5. The van der Waals surface area contributed by atoms with E-state index in [2.05, 4.69) is 60.5 Å². The maximum atomic E-state index is 5.30. The second-order valence-corrected chi connectivity index (χ2v) is 5.43. The Bertz CT molecular complexity index is 516. The Kier molecular flexibility index (Phi) is 4.31. The van der Waals surface area contributed by atoms with E-state index in [4.69, 9.17) is 4.74 Å². The SMILES string of the molecule is COc1c(I)cc(/C=N\n2cnnc2)cc1I. The number of rotatable bonds is 3. The van der Waals surface area contributed by atoms with E-state index in [-0.39, 0.29) is 0 Å². The van der Waals surface area contributed by atoms with Gasteiger partial charge < -0.3 is 4.74 Å². The fourth-order valence-electron chi connectivity index (χ4n) is 1.24. The average molecular weight is 454 g/mol.